The summed E-state index contributed by atoms with van der Waals surface area (Å²) in [5, 5.41) is 10.9. The number of carbonyl (C=O) groups excluding carboxylic acids is 1. The summed E-state index contributed by atoms with van der Waals surface area (Å²) in [6.45, 7) is 1.61. The van der Waals surface area contributed by atoms with E-state index in [0.717, 1.165) is 0 Å². The Balaban J connectivity index is 2.85. The average Bonchev–Trinajstić information content (AvgIpc) is 2.29. The van der Waals surface area contributed by atoms with Crippen LogP contribution in [0, 0.1) is 6.92 Å². The lowest BCUT2D eigenvalue weighted by Gasteiger charge is -2.16. The number of aliphatic carboxylic acids is 1. The van der Waals surface area contributed by atoms with E-state index in [0.29, 0.717) is 10.6 Å². The van der Waals surface area contributed by atoms with Crippen LogP contribution < -0.4 is 5.32 Å². The zero-order valence-corrected chi connectivity index (χ0v) is 11.0. The maximum absolute atomic E-state index is 12.2. The standard InChI is InChI=1S/C12H11ClF3NO3/c1-6-4-7(2-3-8(6)13)10(18)17-9(11(19)20)5-12(14,15)16/h2-4,9H,5H2,1H3,(H,17,18)(H,19,20). The molecule has 0 radical (unpaired) electrons. The highest BCUT2D eigenvalue weighted by Crippen LogP contribution is 2.22. The van der Waals surface area contributed by atoms with Crippen molar-refractivity contribution in [3.63, 3.8) is 0 Å². The molecular formula is C12H11ClF3NO3. The van der Waals surface area contributed by atoms with Crippen LogP contribution >= 0.6 is 11.6 Å². The molecule has 0 aliphatic rings. The molecule has 0 spiro atoms. The SMILES string of the molecule is Cc1cc(C(=O)NC(CC(F)(F)F)C(=O)O)ccc1Cl. The first-order valence-electron chi connectivity index (χ1n) is 5.46. The molecule has 4 nitrogen and oxygen atoms in total. The smallest absolute Gasteiger partial charge is 0.391 e. The number of carboxylic acid groups (broad SMARTS) is 1. The molecule has 2 N–H and O–H groups in total. The molecule has 1 atom stereocenters. The number of aryl methyl sites for hydroxylation is 1. The summed E-state index contributed by atoms with van der Waals surface area (Å²) in [6, 6.07) is 2.05. The fraction of sp³-hybridized carbons (Fsp3) is 0.333. The van der Waals surface area contributed by atoms with E-state index in [-0.39, 0.29) is 5.56 Å². The van der Waals surface area contributed by atoms with E-state index < -0.39 is 30.5 Å². The highest BCUT2D eigenvalue weighted by atomic mass is 35.5. The normalized spacial score (nSPS) is 12.8. The summed E-state index contributed by atoms with van der Waals surface area (Å²) >= 11 is 5.75. The molecule has 0 saturated heterocycles. The van der Waals surface area contributed by atoms with Crippen molar-refractivity contribution < 1.29 is 27.9 Å². The molecule has 0 aromatic heterocycles. The molecule has 1 aromatic carbocycles. The third kappa shape index (κ3) is 4.73. The van der Waals surface area contributed by atoms with Crippen molar-refractivity contribution in [1.82, 2.24) is 5.32 Å². The molecule has 0 fully saturated rings. The van der Waals surface area contributed by atoms with Crippen LogP contribution in [0.25, 0.3) is 0 Å². The van der Waals surface area contributed by atoms with E-state index in [2.05, 4.69) is 0 Å². The van der Waals surface area contributed by atoms with E-state index in [9.17, 15) is 22.8 Å². The first-order chi connectivity index (χ1) is 9.10. The fourth-order valence-corrected chi connectivity index (χ4v) is 1.58. The average molecular weight is 310 g/mol. The summed E-state index contributed by atoms with van der Waals surface area (Å²) in [5.74, 6) is -2.65. The molecule has 1 rings (SSSR count). The number of hydrogen-bond acceptors (Lipinski definition) is 2. The zero-order chi connectivity index (χ0) is 15.5. The topological polar surface area (TPSA) is 66.4 Å². The van der Waals surface area contributed by atoms with Gasteiger partial charge in [-0.3, -0.25) is 4.79 Å². The zero-order valence-electron chi connectivity index (χ0n) is 10.3. The van der Waals surface area contributed by atoms with Gasteiger partial charge in [-0.1, -0.05) is 11.6 Å². The van der Waals surface area contributed by atoms with Gasteiger partial charge in [0, 0.05) is 10.6 Å². The van der Waals surface area contributed by atoms with Gasteiger partial charge in [0.15, 0.2) is 0 Å². The Labute approximate surface area is 117 Å². The monoisotopic (exact) mass is 309 g/mol. The van der Waals surface area contributed by atoms with Gasteiger partial charge in [-0.05, 0) is 30.7 Å². The maximum atomic E-state index is 12.2. The van der Waals surface area contributed by atoms with Crippen LogP contribution in [0.2, 0.25) is 5.02 Å². The molecule has 0 heterocycles. The summed E-state index contributed by atoms with van der Waals surface area (Å²) < 4.78 is 36.6. The predicted octanol–water partition coefficient (Wildman–Crippen LogP) is 2.78. The number of amides is 1. The number of nitrogens with one attached hydrogen (secondary N) is 1. The lowest BCUT2D eigenvalue weighted by Crippen LogP contribution is -2.43. The minimum absolute atomic E-state index is 0.0420. The van der Waals surface area contributed by atoms with Gasteiger partial charge in [0.2, 0.25) is 0 Å². The Morgan fingerprint density at radius 2 is 2.00 bits per heavy atom. The number of benzene rings is 1. The van der Waals surface area contributed by atoms with Gasteiger partial charge in [0.05, 0.1) is 6.42 Å². The van der Waals surface area contributed by atoms with E-state index in [4.69, 9.17) is 16.7 Å². The first-order valence-corrected chi connectivity index (χ1v) is 5.84. The highest BCUT2D eigenvalue weighted by molar-refractivity contribution is 6.31. The summed E-state index contributed by atoms with van der Waals surface area (Å²) in [5.41, 5.74) is 0.599. The highest BCUT2D eigenvalue weighted by Gasteiger charge is 2.36. The molecule has 1 aromatic rings. The van der Waals surface area contributed by atoms with E-state index in [1.165, 1.54) is 18.2 Å². The first kappa shape index (κ1) is 16.3. The van der Waals surface area contributed by atoms with Crippen LogP contribution in [0.4, 0.5) is 13.2 Å². The Hall–Kier alpha value is -1.76. The van der Waals surface area contributed by atoms with Crippen molar-refractivity contribution in [2.75, 3.05) is 0 Å². The molecule has 0 saturated carbocycles. The Morgan fingerprint density at radius 3 is 2.45 bits per heavy atom. The minimum Gasteiger partial charge on any atom is -0.480 e. The Bertz CT molecular complexity index is 531. The van der Waals surface area contributed by atoms with Gasteiger partial charge in [-0.15, -0.1) is 0 Å². The molecular weight excluding hydrogens is 299 g/mol. The summed E-state index contributed by atoms with van der Waals surface area (Å²) in [7, 11) is 0. The van der Waals surface area contributed by atoms with Crippen LogP contribution in [-0.2, 0) is 4.79 Å². The maximum Gasteiger partial charge on any atom is 0.391 e. The molecule has 20 heavy (non-hydrogen) atoms. The van der Waals surface area contributed by atoms with E-state index in [1.54, 1.807) is 6.92 Å². The van der Waals surface area contributed by atoms with Gasteiger partial charge in [-0.2, -0.15) is 13.2 Å². The number of carboxylic acids is 1. The van der Waals surface area contributed by atoms with Gasteiger partial charge in [-0.25, -0.2) is 4.79 Å². The minimum atomic E-state index is -4.69. The van der Waals surface area contributed by atoms with Crippen molar-refractivity contribution in [3.8, 4) is 0 Å². The quantitative estimate of drug-likeness (QED) is 0.898. The second-order valence-electron chi connectivity index (χ2n) is 4.15. The lowest BCUT2D eigenvalue weighted by molar-refractivity contribution is -0.157. The molecule has 8 heteroatoms. The van der Waals surface area contributed by atoms with Gasteiger partial charge >= 0.3 is 12.1 Å². The van der Waals surface area contributed by atoms with E-state index in [1.807, 2.05) is 5.32 Å². The largest absolute Gasteiger partial charge is 0.480 e. The second kappa shape index (κ2) is 6.13. The van der Waals surface area contributed by atoms with Gasteiger partial charge < -0.3 is 10.4 Å². The number of halogens is 4. The third-order valence-corrected chi connectivity index (χ3v) is 2.88. The summed E-state index contributed by atoms with van der Waals surface area (Å²) in [4.78, 5) is 22.5. The van der Waals surface area contributed by atoms with Crippen LogP contribution in [0.15, 0.2) is 18.2 Å². The van der Waals surface area contributed by atoms with Crippen molar-refractivity contribution >= 4 is 23.5 Å². The van der Waals surface area contributed by atoms with Crippen molar-refractivity contribution in [2.24, 2.45) is 0 Å². The third-order valence-electron chi connectivity index (χ3n) is 2.46. The second-order valence-corrected chi connectivity index (χ2v) is 4.55. The Kier molecular flexibility index (Phi) is 4.99. The number of hydrogen-bond donors (Lipinski definition) is 2. The predicted molar refractivity (Wildman–Crippen MR) is 65.8 cm³/mol. The van der Waals surface area contributed by atoms with Gasteiger partial charge in [0.25, 0.3) is 5.91 Å². The number of carbonyl (C=O) groups is 2. The Morgan fingerprint density at radius 1 is 1.40 bits per heavy atom. The number of rotatable bonds is 4. The molecule has 1 unspecified atom stereocenters. The van der Waals surface area contributed by atoms with Crippen LogP contribution in [-0.4, -0.2) is 29.2 Å². The fourth-order valence-electron chi connectivity index (χ4n) is 1.46. The molecule has 0 aliphatic carbocycles. The van der Waals surface area contributed by atoms with Gasteiger partial charge in [0.1, 0.15) is 6.04 Å². The lowest BCUT2D eigenvalue weighted by atomic mass is 10.1. The van der Waals surface area contributed by atoms with E-state index >= 15 is 0 Å². The molecule has 1 amide bonds. The van der Waals surface area contributed by atoms with Crippen molar-refractivity contribution in [1.29, 1.82) is 0 Å². The van der Waals surface area contributed by atoms with Crippen molar-refractivity contribution in [2.45, 2.75) is 25.6 Å². The van der Waals surface area contributed by atoms with Crippen LogP contribution in [0.1, 0.15) is 22.3 Å². The van der Waals surface area contributed by atoms with Crippen LogP contribution in [0.3, 0.4) is 0 Å². The molecule has 0 bridgehead atoms. The van der Waals surface area contributed by atoms with Crippen molar-refractivity contribution in [3.05, 3.63) is 34.3 Å². The number of alkyl halides is 3. The van der Waals surface area contributed by atoms with Crippen LogP contribution in [0.5, 0.6) is 0 Å². The molecule has 0 aliphatic heterocycles. The summed E-state index contributed by atoms with van der Waals surface area (Å²) in [6.07, 6.45) is -6.33. The molecule has 110 valence electrons.